The second kappa shape index (κ2) is 3.25. The molecule has 0 amide bonds. The highest BCUT2D eigenvalue weighted by atomic mass is 32.2. The highest BCUT2D eigenvalue weighted by molar-refractivity contribution is 7.98. The van der Waals surface area contributed by atoms with Crippen LogP contribution in [0.1, 0.15) is 25.1 Å². The molecule has 0 saturated heterocycles. The Morgan fingerprint density at radius 1 is 1.54 bits per heavy atom. The van der Waals surface area contributed by atoms with Crippen molar-refractivity contribution in [2.75, 3.05) is 5.73 Å². The van der Waals surface area contributed by atoms with Gasteiger partial charge < -0.3 is 5.73 Å². The second-order valence-electron chi connectivity index (χ2n) is 3.88. The Kier molecular flexibility index (Phi) is 2.24. The van der Waals surface area contributed by atoms with E-state index in [4.69, 9.17) is 5.73 Å². The van der Waals surface area contributed by atoms with Crippen molar-refractivity contribution in [1.82, 2.24) is 9.78 Å². The standard InChI is InChI=1S/C9H15N3S/c1-6(2)3-12-8-5-13-4-7(8)9(10)11-12/h6H,3-5H2,1-2H3,(H2,10,11). The van der Waals surface area contributed by atoms with E-state index in [2.05, 4.69) is 23.6 Å². The first-order valence-electron chi connectivity index (χ1n) is 4.60. The molecule has 1 aliphatic rings. The number of hydrogen-bond donors (Lipinski definition) is 1. The number of anilines is 1. The Balaban J connectivity index is 2.31. The highest BCUT2D eigenvalue weighted by Gasteiger charge is 2.21. The van der Waals surface area contributed by atoms with Crippen LogP contribution >= 0.6 is 11.8 Å². The molecular formula is C9H15N3S. The molecule has 3 nitrogen and oxygen atoms in total. The fraction of sp³-hybridized carbons (Fsp3) is 0.667. The zero-order chi connectivity index (χ0) is 9.42. The molecule has 0 spiro atoms. The number of nitrogen functional groups attached to an aromatic ring is 1. The van der Waals surface area contributed by atoms with Crippen molar-refractivity contribution < 1.29 is 0 Å². The lowest BCUT2D eigenvalue weighted by atomic mass is 10.2. The summed E-state index contributed by atoms with van der Waals surface area (Å²) in [5.74, 6) is 3.49. The van der Waals surface area contributed by atoms with E-state index in [0.717, 1.165) is 23.9 Å². The fourth-order valence-corrected chi connectivity index (χ4v) is 2.76. The molecule has 2 heterocycles. The van der Waals surface area contributed by atoms with E-state index in [1.54, 1.807) is 0 Å². The Morgan fingerprint density at radius 3 is 3.00 bits per heavy atom. The van der Waals surface area contributed by atoms with Crippen LogP contribution in [0.25, 0.3) is 0 Å². The lowest BCUT2D eigenvalue weighted by Gasteiger charge is -2.07. The van der Waals surface area contributed by atoms with Crippen molar-refractivity contribution in [1.29, 1.82) is 0 Å². The van der Waals surface area contributed by atoms with Crippen LogP contribution < -0.4 is 5.73 Å². The van der Waals surface area contributed by atoms with E-state index >= 15 is 0 Å². The summed E-state index contributed by atoms with van der Waals surface area (Å²) in [7, 11) is 0. The maximum absolute atomic E-state index is 5.82. The van der Waals surface area contributed by atoms with Crippen LogP contribution in [-0.4, -0.2) is 9.78 Å². The van der Waals surface area contributed by atoms with Gasteiger partial charge in [0.25, 0.3) is 0 Å². The first-order chi connectivity index (χ1) is 6.18. The average molecular weight is 197 g/mol. The van der Waals surface area contributed by atoms with E-state index < -0.39 is 0 Å². The lowest BCUT2D eigenvalue weighted by molar-refractivity contribution is 0.475. The Morgan fingerprint density at radius 2 is 2.31 bits per heavy atom. The van der Waals surface area contributed by atoms with Crippen LogP contribution in [0, 0.1) is 5.92 Å². The maximum atomic E-state index is 5.82. The summed E-state index contributed by atoms with van der Waals surface area (Å²) in [6, 6.07) is 0. The molecule has 0 fully saturated rings. The lowest BCUT2D eigenvalue weighted by Crippen LogP contribution is -2.09. The largest absolute Gasteiger partial charge is 0.382 e. The monoisotopic (exact) mass is 197 g/mol. The van der Waals surface area contributed by atoms with E-state index in [-0.39, 0.29) is 0 Å². The van der Waals surface area contributed by atoms with Gasteiger partial charge in [-0.1, -0.05) is 13.8 Å². The van der Waals surface area contributed by atoms with Gasteiger partial charge in [-0.25, -0.2) is 0 Å². The van der Waals surface area contributed by atoms with Crippen LogP contribution in [0.15, 0.2) is 0 Å². The molecule has 0 unspecified atom stereocenters. The summed E-state index contributed by atoms with van der Waals surface area (Å²) in [5.41, 5.74) is 8.44. The van der Waals surface area contributed by atoms with Gasteiger partial charge in [-0.05, 0) is 5.92 Å². The van der Waals surface area contributed by atoms with Crippen LogP contribution in [-0.2, 0) is 18.1 Å². The molecule has 0 saturated carbocycles. The Bertz CT molecular complexity index is 317. The fourth-order valence-electron chi connectivity index (χ4n) is 1.62. The number of thioether (sulfide) groups is 1. The van der Waals surface area contributed by atoms with Crippen molar-refractivity contribution >= 4 is 17.6 Å². The van der Waals surface area contributed by atoms with Crippen LogP contribution in [0.2, 0.25) is 0 Å². The molecule has 0 bridgehead atoms. The van der Waals surface area contributed by atoms with Gasteiger partial charge in [-0.15, -0.1) is 0 Å². The first kappa shape index (κ1) is 8.94. The average Bonchev–Trinajstić information content (AvgIpc) is 2.56. The van der Waals surface area contributed by atoms with Crippen molar-refractivity contribution in [3.63, 3.8) is 0 Å². The quantitative estimate of drug-likeness (QED) is 0.787. The summed E-state index contributed by atoms with van der Waals surface area (Å²) < 4.78 is 2.08. The molecule has 1 aromatic rings. The second-order valence-corrected chi connectivity index (χ2v) is 4.86. The predicted octanol–water partition coefficient (Wildman–Crippen LogP) is 1.87. The molecule has 72 valence electrons. The predicted molar refractivity (Wildman–Crippen MR) is 56.5 cm³/mol. The van der Waals surface area contributed by atoms with E-state index in [0.29, 0.717) is 5.92 Å². The van der Waals surface area contributed by atoms with E-state index in [1.165, 1.54) is 11.3 Å². The number of nitrogens with zero attached hydrogens (tertiary/aromatic N) is 2. The smallest absolute Gasteiger partial charge is 0.149 e. The summed E-state index contributed by atoms with van der Waals surface area (Å²) in [6.45, 7) is 5.39. The van der Waals surface area contributed by atoms with Gasteiger partial charge in [-0.2, -0.15) is 16.9 Å². The van der Waals surface area contributed by atoms with E-state index in [9.17, 15) is 0 Å². The van der Waals surface area contributed by atoms with Gasteiger partial charge in [0, 0.05) is 23.6 Å². The first-order valence-corrected chi connectivity index (χ1v) is 5.75. The molecule has 13 heavy (non-hydrogen) atoms. The van der Waals surface area contributed by atoms with Gasteiger partial charge in [0.1, 0.15) is 5.82 Å². The normalized spacial score (nSPS) is 15.3. The zero-order valence-electron chi connectivity index (χ0n) is 8.08. The number of fused-ring (bicyclic) bond motifs is 1. The van der Waals surface area contributed by atoms with Crippen molar-refractivity contribution in [2.45, 2.75) is 31.9 Å². The third-order valence-electron chi connectivity index (χ3n) is 2.22. The molecule has 0 atom stereocenters. The molecular weight excluding hydrogens is 182 g/mol. The molecule has 0 radical (unpaired) electrons. The number of hydrogen-bond acceptors (Lipinski definition) is 3. The molecule has 0 aliphatic carbocycles. The summed E-state index contributed by atoms with van der Waals surface area (Å²) in [6.07, 6.45) is 0. The summed E-state index contributed by atoms with van der Waals surface area (Å²) >= 11 is 1.92. The van der Waals surface area contributed by atoms with Crippen molar-refractivity contribution in [3.05, 3.63) is 11.3 Å². The third-order valence-corrected chi connectivity index (χ3v) is 3.19. The van der Waals surface area contributed by atoms with Gasteiger partial charge in [0.2, 0.25) is 0 Å². The van der Waals surface area contributed by atoms with E-state index in [1.807, 2.05) is 11.8 Å². The molecule has 1 aromatic heterocycles. The minimum absolute atomic E-state index is 0.633. The zero-order valence-corrected chi connectivity index (χ0v) is 8.90. The Hall–Kier alpha value is -0.640. The SMILES string of the molecule is CC(C)Cn1nc(N)c2c1CSC2. The molecule has 2 rings (SSSR count). The maximum Gasteiger partial charge on any atom is 0.149 e. The molecule has 0 aromatic carbocycles. The van der Waals surface area contributed by atoms with Crippen molar-refractivity contribution in [3.8, 4) is 0 Å². The minimum Gasteiger partial charge on any atom is -0.382 e. The molecule has 4 heteroatoms. The van der Waals surface area contributed by atoms with Crippen LogP contribution in [0.3, 0.4) is 0 Å². The third kappa shape index (κ3) is 1.55. The number of nitrogens with two attached hydrogens (primary N) is 1. The summed E-state index contributed by atoms with van der Waals surface area (Å²) in [4.78, 5) is 0. The molecule has 1 aliphatic heterocycles. The number of aromatic nitrogens is 2. The molecule has 2 N–H and O–H groups in total. The summed E-state index contributed by atoms with van der Waals surface area (Å²) in [5, 5.41) is 4.35. The highest BCUT2D eigenvalue weighted by Crippen LogP contribution is 2.33. The van der Waals surface area contributed by atoms with Crippen LogP contribution in [0.4, 0.5) is 5.82 Å². The number of rotatable bonds is 2. The Labute approximate surface area is 82.7 Å². The van der Waals surface area contributed by atoms with Gasteiger partial charge in [0.05, 0.1) is 5.69 Å². The van der Waals surface area contributed by atoms with Gasteiger partial charge in [0.15, 0.2) is 0 Å². The van der Waals surface area contributed by atoms with Crippen molar-refractivity contribution in [2.24, 2.45) is 5.92 Å². The van der Waals surface area contributed by atoms with Gasteiger partial charge in [-0.3, -0.25) is 4.68 Å². The van der Waals surface area contributed by atoms with Gasteiger partial charge >= 0.3 is 0 Å². The van der Waals surface area contributed by atoms with Crippen LogP contribution in [0.5, 0.6) is 0 Å². The topological polar surface area (TPSA) is 43.8 Å². The minimum atomic E-state index is 0.633.